The van der Waals surface area contributed by atoms with Gasteiger partial charge in [0.2, 0.25) is 0 Å². The molecule has 6 heteroatoms. The Labute approximate surface area is 161 Å². The molecule has 0 heterocycles. The van der Waals surface area contributed by atoms with Crippen molar-refractivity contribution in [2.75, 3.05) is 10.6 Å². The molecule has 2 N–H and O–H groups in total. The molecule has 0 spiro atoms. The fraction of sp³-hybridized carbons (Fsp3) is 0.0476. The number of carbonyl (C=O) groups is 2. The topological polar surface area (TPSA) is 67.4 Å². The molecular formula is C21H17ClN2O3. The van der Waals surface area contributed by atoms with Gasteiger partial charge in [-0.1, -0.05) is 41.9 Å². The molecule has 0 saturated carbocycles. The summed E-state index contributed by atoms with van der Waals surface area (Å²) >= 11 is 5.90. The van der Waals surface area contributed by atoms with Crippen molar-refractivity contribution in [3.05, 3.63) is 83.4 Å². The van der Waals surface area contributed by atoms with Crippen molar-refractivity contribution >= 4 is 34.8 Å². The van der Waals surface area contributed by atoms with Crippen LogP contribution in [0.2, 0.25) is 5.02 Å². The Morgan fingerprint density at radius 3 is 2.15 bits per heavy atom. The number of aryl methyl sites for hydroxylation is 1. The molecule has 0 aliphatic heterocycles. The van der Waals surface area contributed by atoms with Gasteiger partial charge in [-0.15, -0.1) is 0 Å². The van der Waals surface area contributed by atoms with Crippen LogP contribution in [0.15, 0.2) is 72.8 Å². The molecule has 136 valence electrons. The van der Waals surface area contributed by atoms with Gasteiger partial charge in [-0.2, -0.15) is 0 Å². The summed E-state index contributed by atoms with van der Waals surface area (Å²) in [6, 6.07) is 21.1. The maximum absolute atomic E-state index is 12.3. The molecule has 0 unspecified atom stereocenters. The summed E-state index contributed by atoms with van der Waals surface area (Å²) in [5.41, 5.74) is 1.68. The van der Waals surface area contributed by atoms with E-state index in [1.165, 1.54) is 0 Å². The lowest BCUT2D eigenvalue weighted by Gasteiger charge is -2.12. The van der Waals surface area contributed by atoms with Crippen molar-refractivity contribution in [1.29, 1.82) is 0 Å². The Hall–Kier alpha value is -3.31. The zero-order valence-corrected chi connectivity index (χ0v) is 15.3. The summed E-state index contributed by atoms with van der Waals surface area (Å²) in [5, 5.41) is 5.71. The smallest absolute Gasteiger partial charge is 0.314 e. The third-order valence-corrected chi connectivity index (χ3v) is 3.98. The van der Waals surface area contributed by atoms with E-state index in [0.717, 1.165) is 5.56 Å². The van der Waals surface area contributed by atoms with Crippen molar-refractivity contribution in [1.82, 2.24) is 0 Å². The summed E-state index contributed by atoms with van der Waals surface area (Å²) in [6.45, 7) is 1.79. The van der Waals surface area contributed by atoms with E-state index in [9.17, 15) is 9.59 Å². The van der Waals surface area contributed by atoms with Crippen molar-refractivity contribution < 1.29 is 14.3 Å². The van der Waals surface area contributed by atoms with E-state index in [-0.39, 0.29) is 0 Å². The number of ether oxygens (including phenoxy) is 1. The maximum atomic E-state index is 12.3. The summed E-state index contributed by atoms with van der Waals surface area (Å²) in [4.78, 5) is 24.5. The van der Waals surface area contributed by atoms with Gasteiger partial charge in [-0.05, 0) is 55.0 Å². The van der Waals surface area contributed by atoms with Crippen LogP contribution in [0.4, 0.5) is 11.4 Å². The highest BCUT2D eigenvalue weighted by atomic mass is 35.5. The average Bonchev–Trinajstić information content (AvgIpc) is 2.66. The highest BCUT2D eigenvalue weighted by molar-refractivity contribution is 6.44. The van der Waals surface area contributed by atoms with Crippen LogP contribution < -0.4 is 15.4 Å². The molecule has 0 aliphatic rings. The van der Waals surface area contributed by atoms with Crippen molar-refractivity contribution in [2.45, 2.75) is 6.92 Å². The third kappa shape index (κ3) is 4.86. The molecule has 0 saturated heterocycles. The Morgan fingerprint density at radius 2 is 1.44 bits per heavy atom. The van der Waals surface area contributed by atoms with E-state index in [1.807, 2.05) is 18.2 Å². The van der Waals surface area contributed by atoms with Crippen LogP contribution in [-0.4, -0.2) is 11.8 Å². The van der Waals surface area contributed by atoms with Crippen LogP contribution in [-0.2, 0) is 9.59 Å². The SMILES string of the molecule is Cc1cc(Cl)ccc1NC(=O)C(=O)Nc1ccccc1Oc1ccccc1. The molecule has 3 aromatic carbocycles. The zero-order chi connectivity index (χ0) is 19.2. The zero-order valence-electron chi connectivity index (χ0n) is 14.5. The highest BCUT2D eigenvalue weighted by Crippen LogP contribution is 2.29. The third-order valence-electron chi connectivity index (χ3n) is 3.75. The molecule has 0 atom stereocenters. The van der Waals surface area contributed by atoms with E-state index in [1.54, 1.807) is 61.5 Å². The molecule has 0 fully saturated rings. The van der Waals surface area contributed by atoms with Gasteiger partial charge in [0.1, 0.15) is 5.75 Å². The molecule has 0 aromatic heterocycles. The number of nitrogens with one attached hydrogen (secondary N) is 2. The molecular weight excluding hydrogens is 364 g/mol. The van der Waals surface area contributed by atoms with Gasteiger partial charge in [0, 0.05) is 10.7 Å². The van der Waals surface area contributed by atoms with Gasteiger partial charge >= 0.3 is 11.8 Å². The van der Waals surface area contributed by atoms with Crippen LogP contribution in [0, 0.1) is 6.92 Å². The molecule has 0 radical (unpaired) electrons. The Kier molecular flexibility index (Phi) is 5.74. The maximum Gasteiger partial charge on any atom is 0.314 e. The number of carbonyl (C=O) groups excluding carboxylic acids is 2. The molecule has 5 nitrogen and oxygen atoms in total. The van der Waals surface area contributed by atoms with E-state index >= 15 is 0 Å². The predicted molar refractivity (Wildman–Crippen MR) is 106 cm³/mol. The number of rotatable bonds is 4. The second kappa shape index (κ2) is 8.38. The first-order valence-corrected chi connectivity index (χ1v) is 8.61. The quantitative estimate of drug-likeness (QED) is 0.624. The molecule has 0 aliphatic carbocycles. The number of hydrogen-bond donors (Lipinski definition) is 2. The van der Waals surface area contributed by atoms with Crippen molar-refractivity contribution in [3.63, 3.8) is 0 Å². The number of amides is 2. The van der Waals surface area contributed by atoms with Gasteiger partial charge in [0.05, 0.1) is 5.69 Å². The minimum Gasteiger partial charge on any atom is -0.455 e. The molecule has 0 bridgehead atoms. The number of para-hydroxylation sites is 3. The minimum atomic E-state index is -0.798. The summed E-state index contributed by atoms with van der Waals surface area (Å²) in [6.07, 6.45) is 0. The first kappa shape index (κ1) is 18.5. The Bertz CT molecular complexity index is 974. The fourth-order valence-electron chi connectivity index (χ4n) is 2.40. The van der Waals surface area contributed by atoms with Crippen LogP contribution >= 0.6 is 11.6 Å². The monoisotopic (exact) mass is 380 g/mol. The first-order valence-electron chi connectivity index (χ1n) is 8.23. The van der Waals surface area contributed by atoms with E-state index in [0.29, 0.717) is 27.9 Å². The second-order valence-corrected chi connectivity index (χ2v) is 6.22. The lowest BCUT2D eigenvalue weighted by Crippen LogP contribution is -2.29. The largest absolute Gasteiger partial charge is 0.455 e. The number of halogens is 1. The van der Waals surface area contributed by atoms with Crippen molar-refractivity contribution in [3.8, 4) is 11.5 Å². The molecule has 2 amide bonds. The average molecular weight is 381 g/mol. The van der Waals surface area contributed by atoms with Gasteiger partial charge in [-0.3, -0.25) is 9.59 Å². The number of anilines is 2. The molecule has 27 heavy (non-hydrogen) atoms. The highest BCUT2D eigenvalue weighted by Gasteiger charge is 2.17. The van der Waals surface area contributed by atoms with Gasteiger partial charge in [0.15, 0.2) is 5.75 Å². The van der Waals surface area contributed by atoms with Crippen LogP contribution in [0.3, 0.4) is 0 Å². The van der Waals surface area contributed by atoms with Crippen LogP contribution in [0.25, 0.3) is 0 Å². The standard InChI is InChI=1S/C21H17ClN2O3/c1-14-13-15(22)11-12-17(14)23-20(25)21(26)24-18-9-5-6-10-19(18)27-16-7-3-2-4-8-16/h2-13H,1H3,(H,23,25)(H,24,26). The first-order chi connectivity index (χ1) is 13.0. The van der Waals surface area contributed by atoms with E-state index in [4.69, 9.17) is 16.3 Å². The number of benzene rings is 3. The second-order valence-electron chi connectivity index (χ2n) is 5.78. The minimum absolute atomic E-state index is 0.398. The van der Waals surface area contributed by atoms with E-state index < -0.39 is 11.8 Å². The summed E-state index contributed by atoms with van der Waals surface area (Å²) in [7, 11) is 0. The normalized spacial score (nSPS) is 10.1. The lowest BCUT2D eigenvalue weighted by atomic mass is 10.2. The number of hydrogen-bond acceptors (Lipinski definition) is 3. The van der Waals surface area contributed by atoms with E-state index in [2.05, 4.69) is 10.6 Å². The summed E-state index contributed by atoms with van der Waals surface area (Å²) in [5.74, 6) is -0.517. The molecule has 3 aromatic rings. The molecule has 3 rings (SSSR count). The Morgan fingerprint density at radius 1 is 0.815 bits per heavy atom. The van der Waals surface area contributed by atoms with Gasteiger partial charge in [-0.25, -0.2) is 0 Å². The van der Waals surface area contributed by atoms with Gasteiger partial charge in [0.25, 0.3) is 0 Å². The predicted octanol–water partition coefficient (Wildman–Crippen LogP) is 5.02. The summed E-state index contributed by atoms with van der Waals surface area (Å²) < 4.78 is 5.78. The van der Waals surface area contributed by atoms with Crippen LogP contribution in [0.1, 0.15) is 5.56 Å². The fourth-order valence-corrected chi connectivity index (χ4v) is 2.63. The van der Waals surface area contributed by atoms with Crippen LogP contribution in [0.5, 0.6) is 11.5 Å². The Balaban J connectivity index is 1.71. The van der Waals surface area contributed by atoms with Crippen molar-refractivity contribution in [2.24, 2.45) is 0 Å². The van der Waals surface area contributed by atoms with Gasteiger partial charge < -0.3 is 15.4 Å². The lowest BCUT2D eigenvalue weighted by molar-refractivity contribution is -0.133.